The van der Waals surface area contributed by atoms with Crippen LogP contribution in [0.25, 0.3) is 16.9 Å². The number of aromatic nitrogens is 3. The maximum atomic E-state index is 12.2. The zero-order valence-electron chi connectivity index (χ0n) is 12.7. The highest BCUT2D eigenvalue weighted by Gasteiger charge is 2.08. The van der Waals surface area contributed by atoms with E-state index in [0.29, 0.717) is 18.0 Å². The summed E-state index contributed by atoms with van der Waals surface area (Å²) < 4.78 is 1.72. The van der Waals surface area contributed by atoms with Crippen molar-refractivity contribution in [3.63, 3.8) is 0 Å². The lowest BCUT2D eigenvalue weighted by Gasteiger charge is -2.09. The van der Waals surface area contributed by atoms with Gasteiger partial charge in [-0.15, -0.1) is 0 Å². The van der Waals surface area contributed by atoms with Crippen LogP contribution in [0.4, 0.5) is 0 Å². The van der Waals surface area contributed by atoms with Crippen LogP contribution in [0.1, 0.15) is 24.2 Å². The van der Waals surface area contributed by atoms with Gasteiger partial charge in [-0.1, -0.05) is 26.0 Å². The molecule has 0 unspecified atom stereocenters. The van der Waals surface area contributed by atoms with Crippen LogP contribution in [0, 0.1) is 5.92 Å². The Morgan fingerprint density at radius 3 is 2.95 bits per heavy atom. The standard InChI is InChI=1S/C17H18N4O/c1-12(2)11-19-17(22)14-5-3-4-13(10-14)15-6-7-16-18-8-9-21(16)20-15/h3-10,12H,11H2,1-2H3,(H,19,22). The molecule has 112 valence electrons. The number of imidazole rings is 1. The number of hydrogen-bond acceptors (Lipinski definition) is 3. The van der Waals surface area contributed by atoms with Crippen LogP contribution in [-0.4, -0.2) is 27.0 Å². The molecule has 1 amide bonds. The quantitative estimate of drug-likeness (QED) is 0.805. The van der Waals surface area contributed by atoms with Gasteiger partial charge < -0.3 is 5.32 Å². The molecule has 0 fully saturated rings. The molecule has 2 heterocycles. The Hall–Kier alpha value is -2.69. The minimum absolute atomic E-state index is 0.0562. The number of hydrogen-bond donors (Lipinski definition) is 1. The SMILES string of the molecule is CC(C)CNC(=O)c1cccc(-c2ccc3nccn3n2)c1. The van der Waals surface area contributed by atoms with Gasteiger partial charge in [-0.2, -0.15) is 5.10 Å². The molecule has 0 aliphatic heterocycles. The van der Waals surface area contributed by atoms with Crippen LogP contribution in [-0.2, 0) is 0 Å². The van der Waals surface area contributed by atoms with Crippen molar-refractivity contribution >= 4 is 11.6 Å². The van der Waals surface area contributed by atoms with E-state index in [4.69, 9.17) is 0 Å². The molecule has 5 nitrogen and oxygen atoms in total. The maximum Gasteiger partial charge on any atom is 0.251 e. The van der Waals surface area contributed by atoms with Crippen molar-refractivity contribution < 1.29 is 4.79 Å². The van der Waals surface area contributed by atoms with Gasteiger partial charge >= 0.3 is 0 Å². The van der Waals surface area contributed by atoms with E-state index in [1.807, 2.05) is 36.4 Å². The zero-order valence-corrected chi connectivity index (χ0v) is 12.7. The first-order valence-corrected chi connectivity index (χ1v) is 7.32. The Morgan fingerprint density at radius 2 is 2.14 bits per heavy atom. The lowest BCUT2D eigenvalue weighted by Crippen LogP contribution is -2.27. The Kier molecular flexibility index (Phi) is 3.87. The van der Waals surface area contributed by atoms with Crippen LogP contribution in [0.3, 0.4) is 0 Å². The smallest absolute Gasteiger partial charge is 0.251 e. The summed E-state index contributed by atoms with van der Waals surface area (Å²) in [6.07, 6.45) is 3.51. The molecule has 0 aliphatic rings. The summed E-state index contributed by atoms with van der Waals surface area (Å²) in [7, 11) is 0. The average molecular weight is 294 g/mol. The van der Waals surface area contributed by atoms with Crippen molar-refractivity contribution in [3.05, 3.63) is 54.4 Å². The predicted octanol–water partition coefficient (Wildman–Crippen LogP) is 2.78. The Balaban J connectivity index is 1.88. The van der Waals surface area contributed by atoms with Crippen molar-refractivity contribution in [1.29, 1.82) is 0 Å². The van der Waals surface area contributed by atoms with E-state index >= 15 is 0 Å². The Labute approximate surface area is 129 Å². The number of benzene rings is 1. The molecule has 0 aliphatic carbocycles. The van der Waals surface area contributed by atoms with Gasteiger partial charge in [-0.25, -0.2) is 9.50 Å². The van der Waals surface area contributed by atoms with Gasteiger partial charge in [-0.05, 0) is 30.2 Å². The summed E-state index contributed by atoms with van der Waals surface area (Å²) in [5.74, 6) is 0.372. The second-order valence-corrected chi connectivity index (χ2v) is 5.63. The second kappa shape index (κ2) is 5.97. The van der Waals surface area contributed by atoms with Crippen molar-refractivity contribution in [1.82, 2.24) is 19.9 Å². The van der Waals surface area contributed by atoms with Gasteiger partial charge in [0.05, 0.1) is 5.69 Å². The first kappa shape index (κ1) is 14.3. The van der Waals surface area contributed by atoms with Gasteiger partial charge in [0.15, 0.2) is 5.65 Å². The number of amides is 1. The highest BCUT2D eigenvalue weighted by molar-refractivity contribution is 5.95. The van der Waals surface area contributed by atoms with Crippen LogP contribution < -0.4 is 5.32 Å². The number of carbonyl (C=O) groups excluding carboxylic acids is 1. The third kappa shape index (κ3) is 2.98. The van der Waals surface area contributed by atoms with Crippen molar-refractivity contribution in [2.45, 2.75) is 13.8 Å². The van der Waals surface area contributed by atoms with Gasteiger partial charge in [0.25, 0.3) is 5.91 Å². The maximum absolute atomic E-state index is 12.2. The highest BCUT2D eigenvalue weighted by Crippen LogP contribution is 2.18. The Morgan fingerprint density at radius 1 is 1.27 bits per heavy atom. The first-order chi connectivity index (χ1) is 10.6. The molecule has 2 aromatic heterocycles. The summed E-state index contributed by atoms with van der Waals surface area (Å²) >= 11 is 0. The lowest BCUT2D eigenvalue weighted by molar-refractivity contribution is 0.0949. The lowest BCUT2D eigenvalue weighted by atomic mass is 10.1. The molecule has 3 aromatic rings. The van der Waals surface area contributed by atoms with Crippen molar-refractivity contribution in [2.24, 2.45) is 5.92 Å². The molecule has 0 saturated carbocycles. The average Bonchev–Trinajstić information content (AvgIpc) is 3.00. The molecule has 22 heavy (non-hydrogen) atoms. The normalized spacial score (nSPS) is 11.0. The van der Waals surface area contributed by atoms with E-state index in [2.05, 4.69) is 29.2 Å². The number of rotatable bonds is 4. The van der Waals surface area contributed by atoms with E-state index in [0.717, 1.165) is 16.9 Å². The van der Waals surface area contributed by atoms with Gasteiger partial charge in [-0.3, -0.25) is 4.79 Å². The van der Waals surface area contributed by atoms with Crippen LogP contribution >= 0.6 is 0 Å². The summed E-state index contributed by atoms with van der Waals surface area (Å²) in [5.41, 5.74) is 3.16. The summed E-state index contributed by atoms with van der Waals surface area (Å²) in [5, 5.41) is 7.43. The first-order valence-electron chi connectivity index (χ1n) is 7.32. The molecule has 0 bridgehead atoms. The molecule has 5 heteroatoms. The third-order valence-electron chi connectivity index (χ3n) is 3.35. The fourth-order valence-corrected chi connectivity index (χ4v) is 2.19. The largest absolute Gasteiger partial charge is 0.352 e. The molecule has 1 aromatic carbocycles. The van der Waals surface area contributed by atoms with Crippen LogP contribution in [0.5, 0.6) is 0 Å². The topological polar surface area (TPSA) is 59.3 Å². The van der Waals surface area contributed by atoms with E-state index < -0.39 is 0 Å². The fourth-order valence-electron chi connectivity index (χ4n) is 2.19. The second-order valence-electron chi connectivity index (χ2n) is 5.63. The molecule has 1 N–H and O–H groups in total. The molecule has 3 rings (SSSR count). The monoisotopic (exact) mass is 294 g/mol. The minimum Gasteiger partial charge on any atom is -0.352 e. The summed E-state index contributed by atoms with van der Waals surface area (Å²) in [6.45, 7) is 4.81. The molecule has 0 saturated heterocycles. The zero-order chi connectivity index (χ0) is 15.5. The van der Waals surface area contributed by atoms with Crippen molar-refractivity contribution in [2.75, 3.05) is 6.54 Å². The molecular weight excluding hydrogens is 276 g/mol. The molecular formula is C17H18N4O. The summed E-state index contributed by atoms with van der Waals surface area (Å²) in [4.78, 5) is 16.3. The number of carbonyl (C=O) groups is 1. The van der Waals surface area contributed by atoms with Gasteiger partial charge in [0.1, 0.15) is 0 Å². The van der Waals surface area contributed by atoms with Gasteiger partial charge in [0, 0.05) is 30.1 Å². The highest BCUT2D eigenvalue weighted by atomic mass is 16.1. The van der Waals surface area contributed by atoms with E-state index in [-0.39, 0.29) is 5.91 Å². The van der Waals surface area contributed by atoms with E-state index in [1.54, 1.807) is 16.9 Å². The van der Waals surface area contributed by atoms with Crippen LogP contribution in [0.2, 0.25) is 0 Å². The van der Waals surface area contributed by atoms with Crippen molar-refractivity contribution in [3.8, 4) is 11.3 Å². The molecule has 0 spiro atoms. The number of nitrogens with one attached hydrogen (secondary N) is 1. The minimum atomic E-state index is -0.0562. The summed E-state index contributed by atoms with van der Waals surface area (Å²) in [6, 6.07) is 11.3. The number of fused-ring (bicyclic) bond motifs is 1. The predicted molar refractivity (Wildman–Crippen MR) is 85.6 cm³/mol. The van der Waals surface area contributed by atoms with Gasteiger partial charge in [0.2, 0.25) is 0 Å². The molecule has 0 radical (unpaired) electrons. The third-order valence-corrected chi connectivity index (χ3v) is 3.35. The number of nitrogens with zero attached hydrogens (tertiary/aromatic N) is 3. The Bertz CT molecular complexity index is 807. The van der Waals surface area contributed by atoms with E-state index in [1.165, 1.54) is 0 Å². The van der Waals surface area contributed by atoms with E-state index in [9.17, 15) is 4.79 Å². The fraction of sp³-hybridized carbons (Fsp3) is 0.235. The van der Waals surface area contributed by atoms with Crippen LogP contribution in [0.15, 0.2) is 48.8 Å². The molecule has 0 atom stereocenters.